The molecule has 1 aromatic rings. The van der Waals surface area contributed by atoms with Crippen LogP contribution in [0.15, 0.2) is 24.3 Å². The number of aromatic hydroxyl groups is 1. The molecule has 0 fully saturated rings. The van der Waals surface area contributed by atoms with E-state index in [2.05, 4.69) is 5.32 Å². The number of hydrogen-bond acceptors (Lipinski definition) is 3. The summed E-state index contributed by atoms with van der Waals surface area (Å²) in [7, 11) is 0. The predicted molar refractivity (Wildman–Crippen MR) is 65.9 cm³/mol. The van der Waals surface area contributed by atoms with Gasteiger partial charge in [0.15, 0.2) is 0 Å². The van der Waals surface area contributed by atoms with Crippen molar-refractivity contribution in [1.82, 2.24) is 5.32 Å². The summed E-state index contributed by atoms with van der Waals surface area (Å²) in [6, 6.07) is 7.10. The van der Waals surface area contributed by atoms with Gasteiger partial charge in [-0.1, -0.05) is 18.6 Å². The number of benzene rings is 1. The van der Waals surface area contributed by atoms with Gasteiger partial charge in [0, 0.05) is 13.0 Å². The highest BCUT2D eigenvalue weighted by molar-refractivity contribution is 5.66. The van der Waals surface area contributed by atoms with Crippen LogP contribution in [0.25, 0.3) is 0 Å². The Hall–Kier alpha value is -1.55. The zero-order valence-electron chi connectivity index (χ0n) is 9.85. The SMILES string of the molecule is O=C(O)CCCCCNCc1ccc(O)cc1. The molecule has 1 aromatic carbocycles. The summed E-state index contributed by atoms with van der Waals surface area (Å²) in [6.45, 7) is 1.67. The number of unbranched alkanes of at least 4 members (excludes halogenated alkanes) is 2. The van der Waals surface area contributed by atoms with Crippen LogP contribution in [0.1, 0.15) is 31.2 Å². The number of phenolic OH excluding ortho intramolecular Hbond substituents is 1. The Kier molecular flexibility index (Phi) is 6.10. The molecular formula is C13H19NO3. The van der Waals surface area contributed by atoms with Crippen molar-refractivity contribution in [1.29, 1.82) is 0 Å². The molecule has 0 unspecified atom stereocenters. The van der Waals surface area contributed by atoms with Crippen molar-refractivity contribution in [2.45, 2.75) is 32.2 Å². The smallest absolute Gasteiger partial charge is 0.303 e. The predicted octanol–water partition coefficient (Wildman–Crippen LogP) is 2.13. The number of carbonyl (C=O) groups is 1. The molecule has 0 saturated carbocycles. The van der Waals surface area contributed by atoms with Crippen molar-refractivity contribution in [2.24, 2.45) is 0 Å². The molecule has 0 amide bonds. The Morgan fingerprint density at radius 1 is 1.12 bits per heavy atom. The molecule has 0 bridgehead atoms. The van der Waals surface area contributed by atoms with Crippen LogP contribution >= 0.6 is 0 Å². The third kappa shape index (κ3) is 6.58. The second-order valence-corrected chi connectivity index (χ2v) is 4.05. The lowest BCUT2D eigenvalue weighted by Gasteiger charge is -2.04. The minimum absolute atomic E-state index is 0.262. The Bertz CT molecular complexity index is 335. The number of nitrogens with one attached hydrogen (secondary N) is 1. The van der Waals surface area contributed by atoms with E-state index in [1.807, 2.05) is 12.1 Å². The first-order valence-electron chi connectivity index (χ1n) is 5.89. The minimum atomic E-state index is -0.720. The van der Waals surface area contributed by atoms with Gasteiger partial charge in [0.2, 0.25) is 0 Å². The van der Waals surface area contributed by atoms with E-state index < -0.39 is 5.97 Å². The summed E-state index contributed by atoms with van der Waals surface area (Å²) in [6.07, 6.45) is 2.94. The van der Waals surface area contributed by atoms with Crippen LogP contribution in [-0.4, -0.2) is 22.7 Å². The molecule has 0 spiro atoms. The standard InChI is InChI=1S/C13H19NO3/c15-12-7-5-11(6-8-12)10-14-9-3-1-2-4-13(16)17/h5-8,14-15H,1-4,9-10H2,(H,16,17). The lowest BCUT2D eigenvalue weighted by molar-refractivity contribution is -0.137. The Labute approximate surface area is 101 Å². The summed E-state index contributed by atoms with van der Waals surface area (Å²) in [5.74, 6) is -0.440. The highest BCUT2D eigenvalue weighted by Gasteiger charge is 1.96. The van der Waals surface area contributed by atoms with Crippen LogP contribution in [-0.2, 0) is 11.3 Å². The molecule has 0 aliphatic carbocycles. The van der Waals surface area contributed by atoms with Gasteiger partial charge in [-0.2, -0.15) is 0 Å². The fraction of sp³-hybridized carbons (Fsp3) is 0.462. The van der Waals surface area contributed by atoms with Crippen LogP contribution in [0.5, 0.6) is 5.75 Å². The highest BCUT2D eigenvalue weighted by Crippen LogP contribution is 2.09. The van der Waals surface area contributed by atoms with E-state index in [9.17, 15) is 4.79 Å². The van der Waals surface area contributed by atoms with Gasteiger partial charge in [0.05, 0.1) is 0 Å². The minimum Gasteiger partial charge on any atom is -0.508 e. The fourth-order valence-corrected chi connectivity index (χ4v) is 1.55. The number of carboxylic acids is 1. The molecule has 4 nitrogen and oxygen atoms in total. The highest BCUT2D eigenvalue weighted by atomic mass is 16.4. The summed E-state index contributed by atoms with van der Waals surface area (Å²) < 4.78 is 0. The maximum atomic E-state index is 10.3. The summed E-state index contributed by atoms with van der Waals surface area (Å²) in [5, 5.41) is 20.8. The molecule has 0 aromatic heterocycles. The first kappa shape index (κ1) is 13.5. The second-order valence-electron chi connectivity index (χ2n) is 4.05. The first-order valence-corrected chi connectivity index (χ1v) is 5.89. The monoisotopic (exact) mass is 237 g/mol. The number of hydrogen-bond donors (Lipinski definition) is 3. The molecule has 1 rings (SSSR count). The van der Waals surface area contributed by atoms with E-state index >= 15 is 0 Å². The lowest BCUT2D eigenvalue weighted by atomic mass is 10.2. The third-order valence-electron chi connectivity index (χ3n) is 2.51. The van der Waals surface area contributed by atoms with Gasteiger partial charge >= 0.3 is 5.97 Å². The third-order valence-corrected chi connectivity index (χ3v) is 2.51. The Morgan fingerprint density at radius 2 is 1.82 bits per heavy atom. The number of aliphatic carboxylic acids is 1. The summed E-state index contributed by atoms with van der Waals surface area (Å²) in [5.41, 5.74) is 1.13. The number of rotatable bonds is 8. The quantitative estimate of drug-likeness (QED) is 0.606. The van der Waals surface area contributed by atoms with Crippen molar-refractivity contribution >= 4 is 5.97 Å². The molecule has 0 aliphatic rings. The van der Waals surface area contributed by atoms with Crippen molar-refractivity contribution < 1.29 is 15.0 Å². The van der Waals surface area contributed by atoms with Crippen molar-refractivity contribution in [2.75, 3.05) is 6.54 Å². The molecule has 0 heterocycles. The largest absolute Gasteiger partial charge is 0.508 e. The van der Waals surface area contributed by atoms with E-state index in [1.165, 1.54) is 0 Å². The molecular weight excluding hydrogens is 218 g/mol. The zero-order chi connectivity index (χ0) is 12.5. The average Bonchev–Trinajstić information content (AvgIpc) is 2.30. The maximum Gasteiger partial charge on any atom is 0.303 e. The van der Waals surface area contributed by atoms with Crippen LogP contribution < -0.4 is 5.32 Å². The van der Waals surface area contributed by atoms with Gasteiger partial charge in [-0.15, -0.1) is 0 Å². The Morgan fingerprint density at radius 3 is 2.47 bits per heavy atom. The average molecular weight is 237 g/mol. The molecule has 0 aliphatic heterocycles. The first-order chi connectivity index (χ1) is 8.18. The fourth-order valence-electron chi connectivity index (χ4n) is 1.55. The topological polar surface area (TPSA) is 69.6 Å². The zero-order valence-corrected chi connectivity index (χ0v) is 9.85. The van der Waals surface area contributed by atoms with E-state index in [4.69, 9.17) is 10.2 Å². The maximum absolute atomic E-state index is 10.3. The van der Waals surface area contributed by atoms with Crippen LogP contribution in [0.3, 0.4) is 0 Å². The molecule has 17 heavy (non-hydrogen) atoms. The second kappa shape index (κ2) is 7.68. The van der Waals surface area contributed by atoms with E-state index in [1.54, 1.807) is 12.1 Å². The van der Waals surface area contributed by atoms with E-state index in [-0.39, 0.29) is 12.2 Å². The molecule has 0 saturated heterocycles. The molecule has 0 atom stereocenters. The molecule has 3 N–H and O–H groups in total. The van der Waals surface area contributed by atoms with Crippen LogP contribution in [0.4, 0.5) is 0 Å². The normalized spacial score (nSPS) is 10.4. The van der Waals surface area contributed by atoms with E-state index in [0.717, 1.165) is 37.9 Å². The summed E-state index contributed by atoms with van der Waals surface area (Å²) in [4.78, 5) is 10.3. The van der Waals surface area contributed by atoms with Crippen molar-refractivity contribution in [3.8, 4) is 5.75 Å². The molecule has 4 heteroatoms. The Balaban J connectivity index is 2.01. The lowest BCUT2D eigenvalue weighted by Crippen LogP contribution is -2.14. The van der Waals surface area contributed by atoms with Crippen LogP contribution in [0, 0.1) is 0 Å². The van der Waals surface area contributed by atoms with Crippen molar-refractivity contribution in [3.63, 3.8) is 0 Å². The van der Waals surface area contributed by atoms with Gasteiger partial charge in [0.1, 0.15) is 5.75 Å². The van der Waals surface area contributed by atoms with Gasteiger partial charge < -0.3 is 15.5 Å². The van der Waals surface area contributed by atoms with Gasteiger partial charge in [-0.3, -0.25) is 4.79 Å². The van der Waals surface area contributed by atoms with Gasteiger partial charge in [-0.25, -0.2) is 0 Å². The molecule has 0 radical (unpaired) electrons. The van der Waals surface area contributed by atoms with E-state index in [0.29, 0.717) is 0 Å². The number of carboxylic acid groups (broad SMARTS) is 1. The van der Waals surface area contributed by atoms with Gasteiger partial charge in [0.25, 0.3) is 0 Å². The van der Waals surface area contributed by atoms with Crippen LogP contribution in [0.2, 0.25) is 0 Å². The number of phenols is 1. The summed E-state index contributed by atoms with van der Waals surface area (Å²) >= 11 is 0. The van der Waals surface area contributed by atoms with Gasteiger partial charge in [-0.05, 0) is 37.1 Å². The molecule has 94 valence electrons. The van der Waals surface area contributed by atoms with Crippen molar-refractivity contribution in [3.05, 3.63) is 29.8 Å².